The van der Waals surface area contributed by atoms with E-state index in [9.17, 15) is 5.11 Å². The van der Waals surface area contributed by atoms with Crippen LogP contribution in [-0.4, -0.2) is 34.2 Å². The summed E-state index contributed by atoms with van der Waals surface area (Å²) in [6.07, 6.45) is 0.830. The molecule has 2 heterocycles. The Morgan fingerprint density at radius 1 is 1.50 bits per heavy atom. The molecule has 1 aromatic carbocycles. The normalized spacial score (nSPS) is 22.7. The summed E-state index contributed by atoms with van der Waals surface area (Å²) in [4.78, 5) is 6.77. The predicted octanol–water partition coefficient (Wildman–Crippen LogP) is 2.03. The van der Waals surface area contributed by atoms with Gasteiger partial charge < -0.3 is 9.52 Å². The van der Waals surface area contributed by atoms with Crippen LogP contribution >= 0.6 is 0 Å². The van der Waals surface area contributed by atoms with E-state index < -0.39 is 0 Å². The smallest absolute Gasteiger partial charge is 0.209 e. The summed E-state index contributed by atoms with van der Waals surface area (Å²) in [5, 5.41) is 9.58. The second-order valence-electron chi connectivity index (χ2n) is 5.10. The van der Waals surface area contributed by atoms with Gasteiger partial charge in [0, 0.05) is 6.54 Å². The summed E-state index contributed by atoms with van der Waals surface area (Å²) in [5.41, 5.74) is 1.76. The lowest BCUT2D eigenvalue weighted by molar-refractivity contribution is 0.126. The molecule has 96 valence electrons. The fourth-order valence-electron chi connectivity index (χ4n) is 2.58. The molecule has 0 saturated carbocycles. The third kappa shape index (κ3) is 2.26. The molecular formula is C14H18N2O2. The lowest BCUT2D eigenvalue weighted by Gasteiger charge is -2.15. The fraction of sp³-hybridized carbons (Fsp3) is 0.500. The van der Waals surface area contributed by atoms with Gasteiger partial charge in [-0.2, -0.15) is 0 Å². The number of hydrogen-bond donors (Lipinski definition) is 1. The van der Waals surface area contributed by atoms with Gasteiger partial charge in [0.2, 0.25) is 5.89 Å². The lowest BCUT2D eigenvalue weighted by atomic mass is 10.0. The summed E-state index contributed by atoms with van der Waals surface area (Å²) in [6.45, 7) is 4.54. The molecule has 2 atom stereocenters. The number of aromatic nitrogens is 1. The average Bonchev–Trinajstić information content (AvgIpc) is 2.94. The van der Waals surface area contributed by atoms with E-state index in [0.717, 1.165) is 43.0 Å². The van der Waals surface area contributed by atoms with Gasteiger partial charge in [-0.15, -0.1) is 0 Å². The summed E-state index contributed by atoms with van der Waals surface area (Å²) in [5.74, 6) is 1.15. The Morgan fingerprint density at radius 2 is 2.33 bits per heavy atom. The van der Waals surface area contributed by atoms with Gasteiger partial charge in [0.1, 0.15) is 5.52 Å². The summed E-state index contributed by atoms with van der Waals surface area (Å²) >= 11 is 0. The van der Waals surface area contributed by atoms with Crippen LogP contribution in [-0.2, 0) is 6.54 Å². The van der Waals surface area contributed by atoms with Crippen LogP contribution in [0.5, 0.6) is 0 Å². The number of aliphatic hydroxyl groups excluding tert-OH is 1. The Bertz CT molecular complexity index is 502. The molecule has 1 aliphatic heterocycles. The third-order valence-corrected chi connectivity index (χ3v) is 3.69. The fourth-order valence-corrected chi connectivity index (χ4v) is 2.58. The Morgan fingerprint density at radius 3 is 3.06 bits per heavy atom. The van der Waals surface area contributed by atoms with Crippen molar-refractivity contribution in [3.8, 4) is 0 Å². The van der Waals surface area contributed by atoms with Crippen molar-refractivity contribution in [2.24, 2.45) is 5.92 Å². The van der Waals surface area contributed by atoms with Gasteiger partial charge in [0.15, 0.2) is 5.58 Å². The first-order valence-electron chi connectivity index (χ1n) is 6.47. The number of para-hydroxylation sites is 2. The number of rotatable bonds is 3. The monoisotopic (exact) mass is 246 g/mol. The van der Waals surface area contributed by atoms with Crippen LogP contribution in [0.2, 0.25) is 0 Å². The molecule has 4 nitrogen and oxygen atoms in total. The molecule has 0 bridgehead atoms. The minimum Gasteiger partial charge on any atom is -0.439 e. The third-order valence-electron chi connectivity index (χ3n) is 3.69. The quantitative estimate of drug-likeness (QED) is 0.900. The van der Waals surface area contributed by atoms with Gasteiger partial charge in [-0.25, -0.2) is 4.98 Å². The van der Waals surface area contributed by atoms with Gasteiger partial charge >= 0.3 is 0 Å². The molecule has 1 fully saturated rings. The van der Waals surface area contributed by atoms with Gasteiger partial charge in [-0.3, -0.25) is 4.90 Å². The van der Waals surface area contributed by atoms with E-state index in [-0.39, 0.29) is 6.10 Å². The first-order valence-corrected chi connectivity index (χ1v) is 6.47. The number of aliphatic hydroxyl groups is 1. The summed E-state index contributed by atoms with van der Waals surface area (Å²) < 4.78 is 5.71. The van der Waals surface area contributed by atoms with Crippen LogP contribution in [0, 0.1) is 5.92 Å². The molecule has 1 saturated heterocycles. The minimum atomic E-state index is -0.223. The first-order chi connectivity index (χ1) is 8.72. The van der Waals surface area contributed by atoms with Crippen LogP contribution in [0.15, 0.2) is 28.7 Å². The maximum absolute atomic E-state index is 9.58. The summed E-state index contributed by atoms with van der Waals surface area (Å²) in [7, 11) is 0. The Kier molecular flexibility index (Phi) is 3.06. The van der Waals surface area contributed by atoms with Gasteiger partial charge in [0.05, 0.1) is 12.6 Å². The molecule has 0 aliphatic carbocycles. The maximum Gasteiger partial charge on any atom is 0.209 e. The number of hydrogen-bond acceptors (Lipinski definition) is 4. The Balaban J connectivity index is 1.70. The Hall–Kier alpha value is -1.39. The molecule has 2 aromatic rings. The van der Waals surface area contributed by atoms with E-state index in [1.165, 1.54) is 0 Å². The number of benzene rings is 1. The van der Waals surface area contributed by atoms with Crippen molar-refractivity contribution in [1.82, 2.24) is 9.88 Å². The van der Waals surface area contributed by atoms with E-state index in [2.05, 4.69) is 9.88 Å². The maximum atomic E-state index is 9.58. The van der Waals surface area contributed by atoms with E-state index in [4.69, 9.17) is 4.42 Å². The number of oxazole rings is 1. The SMILES string of the molecule is CC(O)C1CCN(Cc2nc3ccccc3o2)C1. The number of fused-ring (bicyclic) bond motifs is 1. The number of nitrogens with zero attached hydrogens (tertiary/aromatic N) is 2. The van der Waals surface area contributed by atoms with E-state index in [1.54, 1.807) is 0 Å². The van der Waals surface area contributed by atoms with Crippen LogP contribution < -0.4 is 0 Å². The highest BCUT2D eigenvalue weighted by Gasteiger charge is 2.26. The highest BCUT2D eigenvalue weighted by molar-refractivity contribution is 5.72. The second kappa shape index (κ2) is 4.71. The minimum absolute atomic E-state index is 0.223. The van der Waals surface area contributed by atoms with E-state index in [0.29, 0.717) is 5.92 Å². The summed E-state index contributed by atoms with van der Waals surface area (Å²) in [6, 6.07) is 7.82. The van der Waals surface area contributed by atoms with Crippen molar-refractivity contribution in [1.29, 1.82) is 0 Å². The average molecular weight is 246 g/mol. The van der Waals surface area contributed by atoms with Gasteiger partial charge in [-0.05, 0) is 37.9 Å². The molecule has 1 aliphatic rings. The van der Waals surface area contributed by atoms with E-state index in [1.807, 2.05) is 31.2 Å². The molecule has 0 spiro atoms. The molecule has 1 N–H and O–H groups in total. The standard InChI is InChI=1S/C14H18N2O2/c1-10(17)11-6-7-16(8-11)9-14-15-12-4-2-3-5-13(12)18-14/h2-5,10-11,17H,6-9H2,1H3. The van der Waals surface area contributed by atoms with Gasteiger partial charge in [0.25, 0.3) is 0 Å². The van der Waals surface area contributed by atoms with Crippen molar-refractivity contribution in [2.75, 3.05) is 13.1 Å². The Labute approximate surface area is 106 Å². The molecule has 3 rings (SSSR count). The highest BCUT2D eigenvalue weighted by atomic mass is 16.3. The molecule has 18 heavy (non-hydrogen) atoms. The van der Waals surface area contributed by atoms with Gasteiger partial charge in [-0.1, -0.05) is 12.1 Å². The zero-order chi connectivity index (χ0) is 12.5. The molecule has 0 amide bonds. The van der Waals surface area contributed by atoms with Crippen molar-refractivity contribution >= 4 is 11.1 Å². The molecule has 4 heteroatoms. The predicted molar refractivity (Wildman–Crippen MR) is 69.1 cm³/mol. The van der Waals surface area contributed by atoms with Crippen molar-refractivity contribution in [3.05, 3.63) is 30.2 Å². The van der Waals surface area contributed by atoms with Crippen molar-refractivity contribution < 1.29 is 9.52 Å². The molecule has 2 unspecified atom stereocenters. The second-order valence-corrected chi connectivity index (χ2v) is 5.10. The largest absolute Gasteiger partial charge is 0.439 e. The van der Waals surface area contributed by atoms with Crippen molar-refractivity contribution in [2.45, 2.75) is 26.0 Å². The van der Waals surface area contributed by atoms with Crippen molar-refractivity contribution in [3.63, 3.8) is 0 Å². The zero-order valence-corrected chi connectivity index (χ0v) is 10.5. The van der Waals surface area contributed by atoms with E-state index >= 15 is 0 Å². The topological polar surface area (TPSA) is 49.5 Å². The lowest BCUT2D eigenvalue weighted by Crippen LogP contribution is -2.24. The van der Waals surface area contributed by atoms with Crippen LogP contribution in [0.25, 0.3) is 11.1 Å². The zero-order valence-electron chi connectivity index (χ0n) is 10.5. The highest BCUT2D eigenvalue weighted by Crippen LogP contribution is 2.22. The van der Waals surface area contributed by atoms with Crippen LogP contribution in [0.1, 0.15) is 19.2 Å². The number of likely N-dealkylation sites (tertiary alicyclic amines) is 1. The molecule has 1 aromatic heterocycles. The van der Waals surface area contributed by atoms with Crippen LogP contribution in [0.3, 0.4) is 0 Å². The first kappa shape index (κ1) is 11.7. The molecular weight excluding hydrogens is 228 g/mol. The molecule has 0 radical (unpaired) electrons. The van der Waals surface area contributed by atoms with Crippen LogP contribution in [0.4, 0.5) is 0 Å².